The third-order valence-corrected chi connectivity index (χ3v) is 11.8. The molecule has 58 heavy (non-hydrogen) atoms. The van der Waals surface area contributed by atoms with Crippen LogP contribution in [0.2, 0.25) is 0 Å². The van der Waals surface area contributed by atoms with E-state index in [1.54, 1.807) is 6.07 Å². The maximum Gasteiger partial charge on any atom is 0.246 e. The highest BCUT2D eigenvalue weighted by molar-refractivity contribution is 7.99. The monoisotopic (exact) mass is 830 g/mol. The number of amides is 7. The van der Waals surface area contributed by atoms with Crippen molar-refractivity contribution < 1.29 is 54.0 Å². The molecule has 3 aliphatic heterocycles. The fraction of sp³-hybridized carbons (Fsp3) is 0.605. The summed E-state index contributed by atoms with van der Waals surface area (Å²) < 4.78 is 2.00. The maximum absolute atomic E-state index is 14.5. The SMILES string of the molecule is CCCn1c2c(c3ccccc31)CC1NC(=O)C(C)NC(=O)C3CC(O)CN3C(=O)C(CS2)NC(=O)C(C(C)O)NC(=O)C(C)NC(=O)C(CC(C)(O)CO)NC1=O. The average molecular weight is 831 g/mol. The van der Waals surface area contributed by atoms with E-state index in [9.17, 15) is 54.0 Å². The molecule has 10 unspecified atom stereocenters. The molecule has 4 heterocycles. The second-order valence-electron chi connectivity index (χ2n) is 15.6. The van der Waals surface area contributed by atoms with Gasteiger partial charge in [0.25, 0.3) is 0 Å². The second kappa shape index (κ2) is 18.4. The van der Waals surface area contributed by atoms with Gasteiger partial charge in [0.05, 0.1) is 29.4 Å². The number of hydrogen-bond donors (Lipinski definition) is 10. The summed E-state index contributed by atoms with van der Waals surface area (Å²) in [6.07, 6.45) is -2.84. The molecule has 5 rings (SSSR count). The van der Waals surface area contributed by atoms with Gasteiger partial charge in [-0.2, -0.15) is 0 Å². The summed E-state index contributed by atoms with van der Waals surface area (Å²) in [4.78, 5) is 99.0. The largest absolute Gasteiger partial charge is 0.393 e. The number of thioether (sulfide) groups is 1. The first kappa shape index (κ1) is 44.3. The normalized spacial score (nSPS) is 29.8. The summed E-state index contributed by atoms with van der Waals surface area (Å²) in [6, 6.07) is -2.58. The Morgan fingerprint density at radius 1 is 0.862 bits per heavy atom. The smallest absolute Gasteiger partial charge is 0.246 e. The van der Waals surface area contributed by atoms with Crippen molar-refractivity contribution in [3.8, 4) is 0 Å². The van der Waals surface area contributed by atoms with E-state index in [2.05, 4.69) is 31.9 Å². The first-order valence-electron chi connectivity index (χ1n) is 19.4. The quantitative estimate of drug-likeness (QED) is 0.141. The van der Waals surface area contributed by atoms with Gasteiger partial charge in [0, 0.05) is 49.0 Å². The number of aliphatic hydroxyl groups is 4. The molecule has 20 heteroatoms. The molecule has 19 nitrogen and oxygen atoms in total. The van der Waals surface area contributed by atoms with E-state index in [0.29, 0.717) is 28.9 Å². The predicted molar refractivity (Wildman–Crippen MR) is 210 cm³/mol. The Balaban J connectivity index is 1.75. The lowest BCUT2D eigenvalue weighted by Crippen LogP contribution is -2.61. The van der Waals surface area contributed by atoms with E-state index < -0.39 is 114 Å². The van der Waals surface area contributed by atoms with Crippen LogP contribution >= 0.6 is 11.8 Å². The van der Waals surface area contributed by atoms with Crippen LogP contribution in [0.3, 0.4) is 0 Å². The molecule has 3 aliphatic rings. The van der Waals surface area contributed by atoms with Gasteiger partial charge in [0.1, 0.15) is 42.3 Å². The molecular formula is C38H54N8O11S. The number of carbonyl (C=O) groups excluding carboxylic acids is 7. The lowest BCUT2D eigenvalue weighted by molar-refractivity contribution is -0.142. The van der Waals surface area contributed by atoms with Crippen molar-refractivity contribution in [3.05, 3.63) is 29.8 Å². The summed E-state index contributed by atoms with van der Waals surface area (Å²) in [6.45, 7) is 6.52. The van der Waals surface area contributed by atoms with Crippen LogP contribution in [0.15, 0.2) is 29.3 Å². The third-order valence-electron chi connectivity index (χ3n) is 10.6. The first-order chi connectivity index (χ1) is 27.3. The number of aliphatic hydroxyl groups excluding tert-OH is 3. The van der Waals surface area contributed by atoms with E-state index in [1.165, 1.54) is 39.5 Å². The molecule has 1 fully saturated rings. The van der Waals surface area contributed by atoms with Gasteiger partial charge in [0.15, 0.2) is 0 Å². The van der Waals surface area contributed by atoms with Crippen LogP contribution < -0.4 is 31.9 Å². The molecule has 1 aromatic heterocycles. The molecule has 10 N–H and O–H groups in total. The fourth-order valence-electron chi connectivity index (χ4n) is 7.40. The van der Waals surface area contributed by atoms with Crippen molar-refractivity contribution in [2.24, 2.45) is 0 Å². The van der Waals surface area contributed by atoms with E-state index in [0.717, 1.165) is 10.4 Å². The van der Waals surface area contributed by atoms with Gasteiger partial charge >= 0.3 is 0 Å². The maximum atomic E-state index is 14.5. The molecule has 0 spiro atoms. The van der Waals surface area contributed by atoms with Crippen LogP contribution in [0.4, 0.5) is 0 Å². The Morgan fingerprint density at radius 2 is 1.50 bits per heavy atom. The average Bonchev–Trinajstić information content (AvgIpc) is 3.70. The minimum absolute atomic E-state index is 0.149. The minimum atomic E-state index is -1.90. The molecule has 318 valence electrons. The Morgan fingerprint density at radius 3 is 2.16 bits per heavy atom. The van der Waals surface area contributed by atoms with Gasteiger partial charge in [-0.3, -0.25) is 33.6 Å². The molecule has 2 bridgehead atoms. The number of fused-ring (bicyclic) bond motifs is 5. The number of aryl methyl sites for hydroxylation is 1. The molecule has 10 atom stereocenters. The van der Waals surface area contributed by atoms with Crippen LogP contribution in [0, 0.1) is 0 Å². The summed E-state index contributed by atoms with van der Waals surface area (Å²) in [5.74, 6) is -6.16. The number of rotatable bonds is 6. The number of hydrogen-bond acceptors (Lipinski definition) is 12. The van der Waals surface area contributed by atoms with Gasteiger partial charge in [-0.1, -0.05) is 25.1 Å². The highest BCUT2D eigenvalue weighted by Crippen LogP contribution is 2.36. The Labute approximate surface area is 339 Å². The zero-order chi connectivity index (χ0) is 42.6. The van der Waals surface area contributed by atoms with Gasteiger partial charge in [-0.25, -0.2) is 0 Å². The summed E-state index contributed by atoms with van der Waals surface area (Å²) in [7, 11) is 0. The van der Waals surface area contributed by atoms with Crippen LogP contribution in [-0.2, 0) is 46.5 Å². The standard InChI is InChI=1S/C38H54N8O11S/c1-6-11-45-27-10-8-7-9-22(27)23-13-24-32(52)42-25(14-38(5,57)17-47)33(53)39-19(3)31(51)44-29(20(4)48)35(55)43-26(16-58-37(23)45)36(56)46-15-21(49)12-28(46)34(54)40-18(2)30(50)41-24/h7-10,18-21,24-26,28-29,47-49,57H,6,11-17H2,1-5H3,(H,39,53)(H,40,54)(H,41,50)(H,42,52)(H,43,55)(H,44,51). The molecule has 0 saturated carbocycles. The minimum Gasteiger partial charge on any atom is -0.393 e. The van der Waals surface area contributed by atoms with E-state index >= 15 is 0 Å². The first-order valence-corrected chi connectivity index (χ1v) is 20.4. The summed E-state index contributed by atoms with van der Waals surface area (Å²) in [5.41, 5.74) is -0.540. The molecule has 0 radical (unpaired) electrons. The Kier molecular flexibility index (Phi) is 14.1. The van der Waals surface area contributed by atoms with Crippen LogP contribution in [0.25, 0.3) is 10.9 Å². The van der Waals surface area contributed by atoms with E-state index in [1.807, 2.05) is 29.7 Å². The molecular weight excluding hydrogens is 777 g/mol. The van der Waals surface area contributed by atoms with E-state index in [4.69, 9.17) is 0 Å². The Bertz CT molecular complexity index is 1920. The molecule has 7 amide bonds. The van der Waals surface area contributed by atoms with Crippen molar-refractivity contribution in [1.29, 1.82) is 0 Å². The van der Waals surface area contributed by atoms with Crippen molar-refractivity contribution in [3.63, 3.8) is 0 Å². The molecule has 1 saturated heterocycles. The van der Waals surface area contributed by atoms with Gasteiger partial charge in [-0.15, -0.1) is 11.8 Å². The number of benzene rings is 1. The number of nitrogens with one attached hydrogen (secondary N) is 6. The van der Waals surface area contributed by atoms with Crippen LogP contribution in [0.1, 0.15) is 59.4 Å². The highest BCUT2D eigenvalue weighted by atomic mass is 32.2. The van der Waals surface area contributed by atoms with Crippen molar-refractivity contribution in [2.75, 3.05) is 18.9 Å². The molecule has 1 aromatic carbocycles. The topological polar surface area (TPSA) is 281 Å². The van der Waals surface area contributed by atoms with Crippen LogP contribution in [0.5, 0.6) is 0 Å². The third kappa shape index (κ3) is 9.91. The number of para-hydroxylation sites is 1. The summed E-state index contributed by atoms with van der Waals surface area (Å²) in [5, 5.41) is 58.9. The Hall–Kier alpha value is -4.76. The van der Waals surface area contributed by atoms with Crippen LogP contribution in [-0.4, -0.2) is 150 Å². The summed E-state index contributed by atoms with van der Waals surface area (Å²) >= 11 is 1.17. The highest BCUT2D eigenvalue weighted by Gasteiger charge is 2.44. The molecule has 2 aromatic rings. The van der Waals surface area contributed by atoms with Gasteiger partial charge in [-0.05, 0) is 45.7 Å². The van der Waals surface area contributed by atoms with Crippen molar-refractivity contribution >= 4 is 64.0 Å². The number of nitrogens with zero attached hydrogens (tertiary/aromatic N) is 2. The van der Waals surface area contributed by atoms with Gasteiger partial charge < -0.3 is 61.8 Å². The zero-order valence-electron chi connectivity index (χ0n) is 33.1. The fourth-order valence-corrected chi connectivity index (χ4v) is 8.66. The lowest BCUT2D eigenvalue weighted by atomic mass is 9.96. The molecule has 0 aliphatic carbocycles. The number of carbonyl (C=O) groups is 7. The van der Waals surface area contributed by atoms with Gasteiger partial charge in [0.2, 0.25) is 41.4 Å². The number of aromatic nitrogens is 1. The zero-order valence-corrected chi connectivity index (χ0v) is 33.9. The van der Waals surface area contributed by atoms with E-state index in [-0.39, 0.29) is 25.1 Å². The lowest BCUT2D eigenvalue weighted by Gasteiger charge is -2.31. The van der Waals surface area contributed by atoms with Crippen molar-refractivity contribution in [1.82, 2.24) is 41.4 Å². The van der Waals surface area contributed by atoms with Crippen molar-refractivity contribution in [2.45, 2.75) is 132 Å². The second-order valence-corrected chi connectivity index (χ2v) is 16.6. The predicted octanol–water partition coefficient (Wildman–Crippen LogP) is -2.86.